The summed E-state index contributed by atoms with van der Waals surface area (Å²) in [7, 11) is 0. The number of hydrogen-bond acceptors (Lipinski definition) is 1. The number of nitrogens with zero attached hydrogens (tertiary/aromatic N) is 1. The van der Waals surface area contributed by atoms with E-state index in [0.717, 1.165) is 17.5 Å². The number of aromatic nitrogens is 1. The van der Waals surface area contributed by atoms with Crippen LogP contribution in [-0.2, 0) is 13.0 Å². The lowest BCUT2D eigenvalue weighted by atomic mass is 10.0. The molecular weight excluding hydrogens is 258 g/mol. The summed E-state index contributed by atoms with van der Waals surface area (Å²) >= 11 is 0. The summed E-state index contributed by atoms with van der Waals surface area (Å²) in [4.78, 5) is 12.6. The number of ketones is 1. The number of hydrogen-bond donors (Lipinski definition) is 0. The molecule has 0 aliphatic heterocycles. The first-order chi connectivity index (χ1) is 10.2. The Labute approximate surface area is 125 Å². The zero-order valence-electron chi connectivity index (χ0n) is 12.5. The molecule has 0 atom stereocenters. The van der Waals surface area contributed by atoms with Crippen LogP contribution in [0.4, 0.5) is 0 Å². The van der Waals surface area contributed by atoms with Gasteiger partial charge in [-0.25, -0.2) is 0 Å². The van der Waals surface area contributed by atoms with Gasteiger partial charge in [0.05, 0.1) is 12.1 Å². The largest absolute Gasteiger partial charge is 0.339 e. The third-order valence-corrected chi connectivity index (χ3v) is 4.01. The zero-order valence-corrected chi connectivity index (χ0v) is 12.5. The number of aryl methyl sites for hydroxylation is 2. The number of carbonyl (C=O) groups is 1. The van der Waals surface area contributed by atoms with E-state index in [1.165, 1.54) is 16.5 Å². The molecule has 3 rings (SSSR count). The van der Waals surface area contributed by atoms with Crippen LogP contribution in [0, 0.1) is 6.92 Å². The predicted octanol–water partition coefficient (Wildman–Crippen LogP) is 4.40. The summed E-state index contributed by atoms with van der Waals surface area (Å²) in [5.74, 6) is 0.163. The zero-order chi connectivity index (χ0) is 14.8. The lowest BCUT2D eigenvalue weighted by Crippen LogP contribution is -2.11. The van der Waals surface area contributed by atoms with Crippen molar-refractivity contribution in [2.45, 2.75) is 26.8 Å². The van der Waals surface area contributed by atoms with Crippen molar-refractivity contribution in [1.29, 1.82) is 0 Å². The predicted molar refractivity (Wildman–Crippen MR) is 86.8 cm³/mol. The van der Waals surface area contributed by atoms with Crippen molar-refractivity contribution < 1.29 is 4.79 Å². The van der Waals surface area contributed by atoms with Crippen LogP contribution in [0.15, 0.2) is 54.7 Å². The van der Waals surface area contributed by atoms with Gasteiger partial charge in [-0.15, -0.1) is 0 Å². The van der Waals surface area contributed by atoms with Crippen LogP contribution >= 0.6 is 0 Å². The van der Waals surface area contributed by atoms with Crippen LogP contribution in [-0.4, -0.2) is 10.4 Å². The fraction of sp³-hybridized carbons (Fsp3) is 0.211. The molecule has 0 saturated carbocycles. The van der Waals surface area contributed by atoms with E-state index in [0.29, 0.717) is 6.54 Å². The van der Waals surface area contributed by atoms with Crippen molar-refractivity contribution >= 4 is 16.7 Å². The normalized spacial score (nSPS) is 11.0. The number of fused-ring (bicyclic) bond motifs is 1. The summed E-state index contributed by atoms with van der Waals surface area (Å²) in [5.41, 5.74) is 4.32. The molecule has 106 valence electrons. The van der Waals surface area contributed by atoms with E-state index in [4.69, 9.17) is 0 Å². The molecule has 0 N–H and O–H groups in total. The fourth-order valence-electron chi connectivity index (χ4n) is 2.88. The SMILES string of the molecule is CCc1cccc2ccn(CC(=O)c3ccccc3C)c12. The van der Waals surface area contributed by atoms with Crippen LogP contribution in [0.5, 0.6) is 0 Å². The first-order valence-corrected chi connectivity index (χ1v) is 7.36. The second kappa shape index (κ2) is 5.57. The highest BCUT2D eigenvalue weighted by Gasteiger charge is 2.12. The molecular formula is C19H19NO. The minimum Gasteiger partial charge on any atom is -0.339 e. The van der Waals surface area contributed by atoms with Crippen molar-refractivity contribution in [2.24, 2.45) is 0 Å². The van der Waals surface area contributed by atoms with Gasteiger partial charge in [0, 0.05) is 11.8 Å². The summed E-state index contributed by atoms with van der Waals surface area (Å²) in [6, 6.07) is 16.2. The van der Waals surface area contributed by atoms with Gasteiger partial charge in [-0.2, -0.15) is 0 Å². The number of para-hydroxylation sites is 1. The number of Topliss-reactive ketones (excluding diaryl/α,β-unsaturated/α-hetero) is 1. The molecule has 21 heavy (non-hydrogen) atoms. The Balaban J connectivity index is 1.99. The molecule has 0 saturated heterocycles. The van der Waals surface area contributed by atoms with Gasteiger partial charge >= 0.3 is 0 Å². The molecule has 1 aromatic heterocycles. The second-order valence-corrected chi connectivity index (χ2v) is 5.39. The van der Waals surface area contributed by atoms with Gasteiger partial charge in [-0.3, -0.25) is 4.79 Å². The molecule has 3 aromatic rings. The first-order valence-electron chi connectivity index (χ1n) is 7.36. The lowest BCUT2D eigenvalue weighted by Gasteiger charge is -2.09. The van der Waals surface area contributed by atoms with Crippen LogP contribution in [0.3, 0.4) is 0 Å². The Hall–Kier alpha value is -2.35. The van der Waals surface area contributed by atoms with Gasteiger partial charge in [0.2, 0.25) is 0 Å². The molecule has 2 heteroatoms. The molecule has 1 heterocycles. The second-order valence-electron chi connectivity index (χ2n) is 5.39. The Morgan fingerprint density at radius 2 is 1.86 bits per heavy atom. The maximum atomic E-state index is 12.6. The Morgan fingerprint density at radius 1 is 1.05 bits per heavy atom. The summed E-state index contributed by atoms with van der Waals surface area (Å²) in [6.07, 6.45) is 2.99. The van der Waals surface area contributed by atoms with Gasteiger partial charge in [-0.1, -0.05) is 49.4 Å². The van der Waals surface area contributed by atoms with E-state index in [-0.39, 0.29) is 5.78 Å². The van der Waals surface area contributed by atoms with E-state index < -0.39 is 0 Å². The van der Waals surface area contributed by atoms with Gasteiger partial charge < -0.3 is 4.57 Å². The molecule has 2 nitrogen and oxygen atoms in total. The molecule has 0 unspecified atom stereocenters. The molecule has 0 amide bonds. The highest BCUT2D eigenvalue weighted by Crippen LogP contribution is 2.21. The van der Waals surface area contributed by atoms with Crippen molar-refractivity contribution in [3.05, 3.63) is 71.4 Å². The minimum atomic E-state index is 0.163. The van der Waals surface area contributed by atoms with E-state index in [1.807, 2.05) is 37.4 Å². The van der Waals surface area contributed by atoms with Crippen molar-refractivity contribution in [1.82, 2.24) is 4.57 Å². The van der Waals surface area contributed by atoms with Gasteiger partial charge in [0.15, 0.2) is 5.78 Å². The van der Waals surface area contributed by atoms with Crippen LogP contribution < -0.4 is 0 Å². The molecule has 2 aromatic carbocycles. The van der Waals surface area contributed by atoms with Crippen LogP contribution in [0.2, 0.25) is 0 Å². The summed E-state index contributed by atoms with van der Waals surface area (Å²) in [5, 5.41) is 1.20. The third kappa shape index (κ3) is 2.49. The standard InChI is InChI=1S/C19H19NO/c1-3-15-8-6-9-16-11-12-20(19(15)16)13-18(21)17-10-5-4-7-14(17)2/h4-12H,3,13H2,1-2H3. The van der Waals surface area contributed by atoms with Gasteiger partial charge in [0.25, 0.3) is 0 Å². The van der Waals surface area contributed by atoms with Gasteiger partial charge in [-0.05, 0) is 35.9 Å². The average Bonchev–Trinajstić information content (AvgIpc) is 2.91. The molecule has 0 bridgehead atoms. The van der Waals surface area contributed by atoms with Crippen LogP contribution in [0.25, 0.3) is 10.9 Å². The van der Waals surface area contributed by atoms with Crippen molar-refractivity contribution in [3.8, 4) is 0 Å². The van der Waals surface area contributed by atoms with E-state index in [2.05, 4.69) is 35.8 Å². The molecule has 0 radical (unpaired) electrons. The fourth-order valence-corrected chi connectivity index (χ4v) is 2.88. The first kappa shape index (κ1) is 13.6. The summed E-state index contributed by atoms with van der Waals surface area (Å²) < 4.78 is 2.07. The summed E-state index contributed by atoms with van der Waals surface area (Å²) in [6.45, 7) is 4.53. The van der Waals surface area contributed by atoms with Gasteiger partial charge in [0.1, 0.15) is 0 Å². The topological polar surface area (TPSA) is 22.0 Å². The highest BCUT2D eigenvalue weighted by molar-refractivity contribution is 5.98. The maximum absolute atomic E-state index is 12.6. The van der Waals surface area contributed by atoms with E-state index >= 15 is 0 Å². The molecule has 0 aliphatic carbocycles. The van der Waals surface area contributed by atoms with E-state index in [9.17, 15) is 4.79 Å². The minimum absolute atomic E-state index is 0.163. The highest BCUT2D eigenvalue weighted by atomic mass is 16.1. The number of carbonyl (C=O) groups excluding carboxylic acids is 1. The molecule has 0 fully saturated rings. The maximum Gasteiger partial charge on any atom is 0.182 e. The van der Waals surface area contributed by atoms with Crippen LogP contribution in [0.1, 0.15) is 28.4 Å². The van der Waals surface area contributed by atoms with Crippen molar-refractivity contribution in [2.75, 3.05) is 0 Å². The lowest BCUT2D eigenvalue weighted by molar-refractivity contribution is 0.0973. The molecule has 0 spiro atoms. The number of rotatable bonds is 4. The quantitative estimate of drug-likeness (QED) is 0.648. The van der Waals surface area contributed by atoms with Crippen molar-refractivity contribution in [3.63, 3.8) is 0 Å². The monoisotopic (exact) mass is 277 g/mol. The average molecular weight is 277 g/mol. The Kier molecular flexibility index (Phi) is 3.61. The smallest absolute Gasteiger partial charge is 0.182 e. The third-order valence-electron chi connectivity index (χ3n) is 4.01. The molecule has 0 aliphatic rings. The Morgan fingerprint density at radius 3 is 2.62 bits per heavy atom. The number of benzene rings is 2. The van der Waals surface area contributed by atoms with E-state index in [1.54, 1.807) is 0 Å². The Bertz CT molecular complexity index is 798.